The van der Waals surface area contributed by atoms with Crippen LogP contribution in [0.5, 0.6) is 5.75 Å². The van der Waals surface area contributed by atoms with Crippen LogP contribution in [0.2, 0.25) is 0 Å². The monoisotopic (exact) mass is 421 g/mol. The molecule has 0 aliphatic carbocycles. The van der Waals surface area contributed by atoms with E-state index < -0.39 is 0 Å². The molecule has 8 nitrogen and oxygen atoms in total. The number of nitrogens with zero attached hydrogens (tertiary/aromatic N) is 4. The minimum Gasteiger partial charge on any atom is -0.495 e. The maximum atomic E-state index is 12.8. The molecule has 0 spiro atoms. The summed E-state index contributed by atoms with van der Waals surface area (Å²) in [6, 6.07) is 15.2. The maximum Gasteiger partial charge on any atom is 0.321 e. The molecule has 1 atom stereocenters. The molecule has 0 unspecified atom stereocenters. The zero-order valence-electron chi connectivity index (χ0n) is 18.0. The van der Waals surface area contributed by atoms with Gasteiger partial charge in [-0.05, 0) is 49.2 Å². The molecule has 1 aliphatic rings. The van der Waals surface area contributed by atoms with Crippen molar-refractivity contribution in [2.75, 3.05) is 44.5 Å². The third-order valence-electron chi connectivity index (χ3n) is 5.49. The Morgan fingerprint density at radius 3 is 2.71 bits per heavy atom. The number of aromatic nitrogens is 2. The predicted molar refractivity (Wildman–Crippen MR) is 120 cm³/mol. The molecule has 1 fully saturated rings. The van der Waals surface area contributed by atoms with Crippen LogP contribution in [0.15, 0.2) is 53.1 Å². The van der Waals surface area contributed by atoms with E-state index >= 15 is 0 Å². The van der Waals surface area contributed by atoms with E-state index in [2.05, 4.69) is 15.5 Å². The van der Waals surface area contributed by atoms with E-state index in [1.165, 1.54) is 0 Å². The minimum atomic E-state index is -0.159. The number of amides is 2. The second-order valence-electron chi connectivity index (χ2n) is 7.81. The van der Waals surface area contributed by atoms with Crippen LogP contribution < -0.4 is 15.0 Å². The number of carbonyl (C=O) groups is 1. The van der Waals surface area contributed by atoms with Gasteiger partial charge in [0.1, 0.15) is 5.75 Å². The highest BCUT2D eigenvalue weighted by molar-refractivity contribution is 5.91. The number of anilines is 2. The van der Waals surface area contributed by atoms with E-state index in [-0.39, 0.29) is 11.9 Å². The lowest BCUT2D eigenvalue weighted by atomic mass is 9.98. The molecule has 2 amide bonds. The number of carbonyl (C=O) groups excluding carboxylic acids is 1. The lowest BCUT2D eigenvalue weighted by Crippen LogP contribution is -2.41. The molecule has 3 aromatic rings. The number of hydrogen-bond donors (Lipinski definition) is 1. The standard InChI is InChI=1S/C23H27N5O3/c1-27(2)18-12-10-16(11-13-18)21-25-22(31-26-21)17-7-6-14-28(15-17)23(29)24-19-8-4-5-9-20(19)30-3/h4-5,8-13,17H,6-7,14-15H2,1-3H3,(H,24,29)/t17-/m0/s1. The Hall–Kier alpha value is -3.55. The highest BCUT2D eigenvalue weighted by atomic mass is 16.5. The Balaban J connectivity index is 1.43. The van der Waals surface area contributed by atoms with Gasteiger partial charge in [0, 0.05) is 38.4 Å². The third-order valence-corrected chi connectivity index (χ3v) is 5.49. The lowest BCUT2D eigenvalue weighted by Gasteiger charge is -2.31. The maximum absolute atomic E-state index is 12.8. The third kappa shape index (κ3) is 4.63. The molecular weight excluding hydrogens is 394 g/mol. The number of rotatable bonds is 5. The Morgan fingerprint density at radius 2 is 1.97 bits per heavy atom. The van der Waals surface area contributed by atoms with Crippen LogP contribution in [0.1, 0.15) is 24.7 Å². The van der Waals surface area contributed by atoms with Crippen LogP contribution in [0.4, 0.5) is 16.2 Å². The summed E-state index contributed by atoms with van der Waals surface area (Å²) in [6.45, 7) is 1.21. The molecule has 31 heavy (non-hydrogen) atoms. The number of benzene rings is 2. The van der Waals surface area contributed by atoms with E-state index in [1.807, 2.05) is 67.5 Å². The summed E-state index contributed by atoms with van der Waals surface area (Å²) in [6.07, 6.45) is 1.78. The number of piperidine rings is 1. The fourth-order valence-corrected chi connectivity index (χ4v) is 3.73. The van der Waals surface area contributed by atoms with E-state index in [4.69, 9.17) is 9.26 Å². The number of para-hydroxylation sites is 2. The molecule has 1 aliphatic heterocycles. The van der Waals surface area contributed by atoms with Crippen molar-refractivity contribution in [3.8, 4) is 17.1 Å². The fraction of sp³-hybridized carbons (Fsp3) is 0.348. The van der Waals surface area contributed by atoms with Crippen molar-refractivity contribution in [3.63, 3.8) is 0 Å². The summed E-state index contributed by atoms with van der Waals surface area (Å²) >= 11 is 0. The highest BCUT2D eigenvalue weighted by Gasteiger charge is 2.29. The first-order valence-electron chi connectivity index (χ1n) is 10.4. The molecule has 4 rings (SSSR count). The normalized spacial score (nSPS) is 16.1. The average Bonchev–Trinajstić information content (AvgIpc) is 3.30. The summed E-state index contributed by atoms with van der Waals surface area (Å²) in [5.74, 6) is 1.78. The zero-order valence-corrected chi connectivity index (χ0v) is 18.0. The first-order chi connectivity index (χ1) is 15.0. The van der Waals surface area contributed by atoms with Gasteiger partial charge >= 0.3 is 6.03 Å². The van der Waals surface area contributed by atoms with Crippen LogP contribution in [0, 0.1) is 0 Å². The Bertz CT molecular complexity index is 1030. The summed E-state index contributed by atoms with van der Waals surface area (Å²) in [4.78, 5) is 21.3. The van der Waals surface area contributed by atoms with Crippen molar-refractivity contribution in [2.45, 2.75) is 18.8 Å². The molecular formula is C23H27N5O3. The van der Waals surface area contributed by atoms with E-state index in [1.54, 1.807) is 12.0 Å². The van der Waals surface area contributed by atoms with E-state index in [0.717, 1.165) is 24.1 Å². The van der Waals surface area contributed by atoms with Crippen molar-refractivity contribution in [2.24, 2.45) is 0 Å². The van der Waals surface area contributed by atoms with Crippen LogP contribution >= 0.6 is 0 Å². The van der Waals surface area contributed by atoms with Gasteiger partial charge in [-0.25, -0.2) is 4.79 Å². The molecule has 0 bridgehead atoms. The number of methoxy groups -OCH3 is 1. The first-order valence-corrected chi connectivity index (χ1v) is 10.4. The first kappa shape index (κ1) is 20.7. The zero-order chi connectivity index (χ0) is 21.8. The van der Waals surface area contributed by atoms with Gasteiger partial charge in [0.15, 0.2) is 0 Å². The Labute approximate surface area is 181 Å². The van der Waals surface area contributed by atoms with Gasteiger partial charge in [-0.1, -0.05) is 17.3 Å². The summed E-state index contributed by atoms with van der Waals surface area (Å²) in [7, 11) is 5.59. The number of nitrogens with one attached hydrogen (secondary N) is 1. The van der Waals surface area contributed by atoms with Gasteiger partial charge in [-0.2, -0.15) is 4.98 Å². The Morgan fingerprint density at radius 1 is 1.19 bits per heavy atom. The quantitative estimate of drug-likeness (QED) is 0.664. The molecule has 2 heterocycles. The molecule has 8 heteroatoms. The second-order valence-corrected chi connectivity index (χ2v) is 7.81. The van der Waals surface area contributed by atoms with Crippen molar-refractivity contribution in [1.29, 1.82) is 0 Å². The number of hydrogen-bond acceptors (Lipinski definition) is 6. The number of likely N-dealkylation sites (tertiary alicyclic amines) is 1. The minimum absolute atomic E-state index is 0.0134. The van der Waals surface area contributed by atoms with Crippen molar-refractivity contribution in [3.05, 3.63) is 54.4 Å². The number of urea groups is 1. The molecule has 2 aromatic carbocycles. The largest absolute Gasteiger partial charge is 0.495 e. The van der Waals surface area contributed by atoms with Gasteiger partial charge in [-0.15, -0.1) is 0 Å². The van der Waals surface area contributed by atoms with E-state index in [0.29, 0.717) is 36.2 Å². The number of ether oxygens (including phenoxy) is 1. The molecule has 1 N–H and O–H groups in total. The summed E-state index contributed by atoms with van der Waals surface area (Å²) < 4.78 is 10.9. The van der Waals surface area contributed by atoms with Crippen molar-refractivity contribution >= 4 is 17.4 Å². The van der Waals surface area contributed by atoms with Crippen LogP contribution in [0.25, 0.3) is 11.4 Å². The van der Waals surface area contributed by atoms with Crippen molar-refractivity contribution < 1.29 is 14.1 Å². The summed E-state index contributed by atoms with van der Waals surface area (Å²) in [5, 5.41) is 7.10. The predicted octanol–water partition coefficient (Wildman–Crippen LogP) is 4.22. The molecule has 0 radical (unpaired) electrons. The Kier molecular flexibility index (Phi) is 6.06. The fourth-order valence-electron chi connectivity index (χ4n) is 3.73. The topological polar surface area (TPSA) is 83.7 Å². The van der Waals surface area contributed by atoms with Crippen LogP contribution in [-0.4, -0.2) is 55.4 Å². The lowest BCUT2D eigenvalue weighted by molar-refractivity contribution is 0.184. The highest BCUT2D eigenvalue weighted by Crippen LogP contribution is 2.29. The smallest absolute Gasteiger partial charge is 0.321 e. The average molecular weight is 422 g/mol. The van der Waals surface area contributed by atoms with Gasteiger partial charge in [0.05, 0.1) is 18.7 Å². The van der Waals surface area contributed by atoms with E-state index in [9.17, 15) is 4.79 Å². The van der Waals surface area contributed by atoms with Crippen molar-refractivity contribution in [1.82, 2.24) is 15.0 Å². The van der Waals surface area contributed by atoms with Gasteiger partial charge in [0.2, 0.25) is 11.7 Å². The summed E-state index contributed by atoms with van der Waals surface area (Å²) in [5.41, 5.74) is 2.66. The van der Waals surface area contributed by atoms with Crippen LogP contribution in [-0.2, 0) is 0 Å². The molecule has 1 saturated heterocycles. The van der Waals surface area contributed by atoms with Gasteiger partial charge in [0.25, 0.3) is 0 Å². The molecule has 0 saturated carbocycles. The molecule has 1 aromatic heterocycles. The second kappa shape index (κ2) is 9.07. The van der Waals surface area contributed by atoms with Crippen LogP contribution in [0.3, 0.4) is 0 Å². The SMILES string of the molecule is COc1ccccc1NC(=O)N1CCC[C@H](c2nc(-c3ccc(N(C)C)cc3)no2)C1. The van der Waals surface area contributed by atoms with Gasteiger partial charge in [-0.3, -0.25) is 0 Å². The van der Waals surface area contributed by atoms with Gasteiger partial charge < -0.3 is 24.4 Å². The molecule has 162 valence electrons.